The Morgan fingerprint density at radius 3 is 3.00 bits per heavy atom. The molecular formula is C13H16O. The molecule has 0 spiro atoms. The fourth-order valence-electron chi connectivity index (χ4n) is 1.88. The first-order valence-corrected chi connectivity index (χ1v) is 5.34. The van der Waals surface area contributed by atoms with Gasteiger partial charge in [0.15, 0.2) is 0 Å². The lowest BCUT2D eigenvalue weighted by Gasteiger charge is -2.20. The van der Waals surface area contributed by atoms with Gasteiger partial charge >= 0.3 is 0 Å². The summed E-state index contributed by atoms with van der Waals surface area (Å²) in [6.07, 6.45) is 7.75. The molecule has 0 aliphatic carbocycles. The molecule has 0 saturated carbocycles. The van der Waals surface area contributed by atoms with Crippen LogP contribution in [-0.4, -0.2) is 0 Å². The molecule has 1 unspecified atom stereocenters. The van der Waals surface area contributed by atoms with Gasteiger partial charge in [0.1, 0.15) is 5.75 Å². The fourth-order valence-corrected chi connectivity index (χ4v) is 1.88. The summed E-state index contributed by atoms with van der Waals surface area (Å²) < 4.78 is 5.45. The first-order valence-electron chi connectivity index (χ1n) is 5.34. The second kappa shape index (κ2) is 4.32. The van der Waals surface area contributed by atoms with E-state index in [-0.39, 0.29) is 0 Å². The van der Waals surface area contributed by atoms with Crippen molar-refractivity contribution in [2.45, 2.75) is 32.1 Å². The van der Waals surface area contributed by atoms with Gasteiger partial charge in [0.25, 0.3) is 0 Å². The summed E-state index contributed by atoms with van der Waals surface area (Å²) in [5, 5.41) is 0. The second-order valence-corrected chi connectivity index (χ2v) is 3.73. The van der Waals surface area contributed by atoms with E-state index in [1.54, 1.807) is 0 Å². The van der Waals surface area contributed by atoms with Crippen molar-refractivity contribution in [1.82, 2.24) is 0 Å². The highest BCUT2D eigenvalue weighted by atomic mass is 16.5. The average Bonchev–Trinajstić information content (AvgIpc) is 2.26. The van der Waals surface area contributed by atoms with Gasteiger partial charge in [-0.25, -0.2) is 0 Å². The van der Waals surface area contributed by atoms with Gasteiger partial charge in [-0.05, 0) is 18.6 Å². The highest BCUT2D eigenvalue weighted by molar-refractivity contribution is 5.40. The number of para-hydroxylation sites is 1. The first kappa shape index (κ1) is 9.32. The predicted octanol–water partition coefficient (Wildman–Crippen LogP) is 3.87. The second-order valence-electron chi connectivity index (χ2n) is 3.73. The molecule has 1 atom stereocenters. The molecule has 1 nitrogen and oxygen atoms in total. The molecule has 0 bridgehead atoms. The van der Waals surface area contributed by atoms with Crippen molar-refractivity contribution in [3.05, 3.63) is 42.2 Å². The van der Waals surface area contributed by atoms with Crippen molar-refractivity contribution in [3.8, 4) is 5.75 Å². The zero-order chi connectivity index (χ0) is 9.80. The van der Waals surface area contributed by atoms with Gasteiger partial charge in [-0.2, -0.15) is 0 Å². The molecule has 0 fully saturated rings. The van der Waals surface area contributed by atoms with Gasteiger partial charge in [0.2, 0.25) is 0 Å². The molecule has 0 amide bonds. The highest BCUT2D eigenvalue weighted by Gasteiger charge is 2.15. The van der Waals surface area contributed by atoms with Gasteiger partial charge in [0, 0.05) is 11.5 Å². The van der Waals surface area contributed by atoms with Gasteiger partial charge in [-0.15, -0.1) is 0 Å². The van der Waals surface area contributed by atoms with E-state index in [0.717, 1.165) is 5.75 Å². The largest absolute Gasteiger partial charge is 0.465 e. The van der Waals surface area contributed by atoms with Gasteiger partial charge in [-0.1, -0.05) is 38.0 Å². The minimum atomic E-state index is 0.555. The smallest absolute Gasteiger partial charge is 0.130 e. The summed E-state index contributed by atoms with van der Waals surface area (Å²) in [6.45, 7) is 2.23. The molecule has 0 N–H and O–H groups in total. The zero-order valence-electron chi connectivity index (χ0n) is 8.57. The third-order valence-corrected chi connectivity index (χ3v) is 2.69. The Bertz CT molecular complexity index is 328. The Morgan fingerprint density at radius 2 is 2.14 bits per heavy atom. The Morgan fingerprint density at radius 1 is 1.29 bits per heavy atom. The van der Waals surface area contributed by atoms with Gasteiger partial charge in [0.05, 0.1) is 6.26 Å². The van der Waals surface area contributed by atoms with Crippen molar-refractivity contribution in [2.75, 3.05) is 0 Å². The van der Waals surface area contributed by atoms with Gasteiger partial charge < -0.3 is 4.74 Å². The van der Waals surface area contributed by atoms with Gasteiger partial charge in [-0.3, -0.25) is 0 Å². The van der Waals surface area contributed by atoms with E-state index in [4.69, 9.17) is 4.74 Å². The Hall–Kier alpha value is -1.24. The minimum Gasteiger partial charge on any atom is -0.465 e. The Balaban J connectivity index is 2.18. The molecule has 1 heterocycles. The number of unbranched alkanes of at least 4 members (excludes halogenated alkanes) is 1. The summed E-state index contributed by atoms with van der Waals surface area (Å²) in [7, 11) is 0. The lowest BCUT2D eigenvalue weighted by Crippen LogP contribution is -2.03. The first-order chi connectivity index (χ1) is 6.92. The summed E-state index contributed by atoms with van der Waals surface area (Å²) >= 11 is 0. The molecule has 14 heavy (non-hydrogen) atoms. The third-order valence-electron chi connectivity index (χ3n) is 2.69. The van der Waals surface area contributed by atoms with Crippen LogP contribution in [0.25, 0.3) is 0 Å². The van der Waals surface area contributed by atoms with Crippen molar-refractivity contribution in [3.63, 3.8) is 0 Å². The van der Waals surface area contributed by atoms with Crippen LogP contribution in [0.1, 0.15) is 37.7 Å². The van der Waals surface area contributed by atoms with Crippen LogP contribution in [0.3, 0.4) is 0 Å². The van der Waals surface area contributed by atoms with E-state index in [2.05, 4.69) is 25.1 Å². The maximum atomic E-state index is 5.45. The Kier molecular flexibility index (Phi) is 2.87. The normalized spacial score (nSPS) is 18.8. The van der Waals surface area contributed by atoms with Crippen molar-refractivity contribution in [2.24, 2.45) is 0 Å². The van der Waals surface area contributed by atoms with Crippen LogP contribution in [0.4, 0.5) is 0 Å². The van der Waals surface area contributed by atoms with E-state index >= 15 is 0 Å². The molecule has 1 aliphatic rings. The SMILES string of the molecule is CCCCC1C=COc2ccccc21. The van der Waals surface area contributed by atoms with E-state index in [0.29, 0.717) is 5.92 Å². The molecule has 74 valence electrons. The molecule has 0 saturated heterocycles. The van der Waals surface area contributed by atoms with Crippen LogP contribution in [0, 0.1) is 0 Å². The number of hydrogen-bond donors (Lipinski definition) is 0. The number of rotatable bonds is 3. The van der Waals surface area contributed by atoms with Crippen LogP contribution < -0.4 is 4.74 Å². The van der Waals surface area contributed by atoms with Crippen LogP contribution in [0.2, 0.25) is 0 Å². The van der Waals surface area contributed by atoms with Crippen molar-refractivity contribution >= 4 is 0 Å². The highest BCUT2D eigenvalue weighted by Crippen LogP contribution is 2.34. The van der Waals surface area contributed by atoms with Crippen LogP contribution in [-0.2, 0) is 0 Å². The fraction of sp³-hybridized carbons (Fsp3) is 0.385. The number of benzene rings is 1. The summed E-state index contributed by atoms with van der Waals surface area (Å²) in [5.74, 6) is 1.58. The Labute approximate surface area is 85.4 Å². The van der Waals surface area contributed by atoms with E-state index < -0.39 is 0 Å². The minimum absolute atomic E-state index is 0.555. The zero-order valence-corrected chi connectivity index (χ0v) is 8.57. The molecule has 0 aromatic heterocycles. The lowest BCUT2D eigenvalue weighted by molar-refractivity contribution is 0.447. The van der Waals surface area contributed by atoms with E-state index in [9.17, 15) is 0 Å². The standard InChI is InChI=1S/C13H16O/c1-2-3-6-11-9-10-14-13-8-5-4-7-12(11)13/h4-5,7-11H,2-3,6H2,1H3. The average molecular weight is 188 g/mol. The topological polar surface area (TPSA) is 9.23 Å². The lowest BCUT2D eigenvalue weighted by atomic mass is 9.92. The van der Waals surface area contributed by atoms with Crippen LogP contribution >= 0.6 is 0 Å². The number of allylic oxidation sites excluding steroid dienone is 1. The third kappa shape index (κ3) is 1.82. The number of fused-ring (bicyclic) bond motifs is 1. The predicted molar refractivity (Wildman–Crippen MR) is 58.5 cm³/mol. The van der Waals surface area contributed by atoms with Crippen molar-refractivity contribution in [1.29, 1.82) is 0 Å². The monoisotopic (exact) mass is 188 g/mol. The molecule has 2 rings (SSSR count). The van der Waals surface area contributed by atoms with E-state index in [1.807, 2.05) is 18.4 Å². The van der Waals surface area contributed by atoms with Crippen LogP contribution in [0.5, 0.6) is 5.75 Å². The summed E-state index contributed by atoms with van der Waals surface area (Å²) in [5.41, 5.74) is 1.34. The summed E-state index contributed by atoms with van der Waals surface area (Å²) in [6, 6.07) is 8.31. The quantitative estimate of drug-likeness (QED) is 0.699. The molecule has 1 heteroatoms. The molecule has 0 radical (unpaired) electrons. The molecule has 1 aliphatic heterocycles. The molecular weight excluding hydrogens is 172 g/mol. The maximum Gasteiger partial charge on any atom is 0.130 e. The van der Waals surface area contributed by atoms with Crippen molar-refractivity contribution < 1.29 is 4.74 Å². The molecule has 1 aromatic rings. The molecule has 1 aromatic carbocycles. The number of hydrogen-bond acceptors (Lipinski definition) is 1. The van der Waals surface area contributed by atoms with E-state index in [1.165, 1.54) is 24.8 Å². The maximum absolute atomic E-state index is 5.45. The van der Waals surface area contributed by atoms with Crippen LogP contribution in [0.15, 0.2) is 36.6 Å². The summed E-state index contributed by atoms with van der Waals surface area (Å²) in [4.78, 5) is 0. The number of ether oxygens (including phenoxy) is 1.